The Bertz CT molecular complexity index is 974. The van der Waals surface area contributed by atoms with Gasteiger partial charge in [0.05, 0.1) is 5.71 Å². The van der Waals surface area contributed by atoms with Crippen LogP contribution in [0.2, 0.25) is 0 Å². The smallest absolute Gasteiger partial charge is 0.268 e. The predicted octanol–water partition coefficient (Wildman–Crippen LogP) is 2.17. The van der Waals surface area contributed by atoms with Crippen LogP contribution in [0, 0.1) is 0 Å². The van der Waals surface area contributed by atoms with E-state index >= 15 is 0 Å². The monoisotopic (exact) mass is 393 g/mol. The Kier molecular flexibility index (Phi) is 5.12. The number of fused-ring (bicyclic) bond motifs is 1. The average Bonchev–Trinajstić information content (AvgIpc) is 3.15. The average molecular weight is 393 g/mol. The lowest BCUT2D eigenvalue weighted by atomic mass is 10.0. The molecule has 0 spiro atoms. The van der Waals surface area contributed by atoms with Crippen molar-refractivity contribution >= 4 is 40.4 Å². The van der Waals surface area contributed by atoms with Crippen molar-refractivity contribution in [1.82, 2.24) is 10.3 Å². The first-order valence-electron chi connectivity index (χ1n) is 8.94. The Balaban J connectivity index is 1.38. The molecule has 0 saturated carbocycles. The van der Waals surface area contributed by atoms with E-state index < -0.39 is 6.04 Å². The molecule has 0 aliphatic carbocycles. The molecular formula is C20H19N5O2S. The van der Waals surface area contributed by atoms with Crippen molar-refractivity contribution in [3.8, 4) is 5.75 Å². The number of nitrogens with zero attached hydrogens (tertiary/aromatic N) is 4. The molecule has 0 unspecified atom stereocenters. The number of anilines is 1. The molecule has 8 heteroatoms. The first kappa shape index (κ1) is 18.2. The number of likely N-dealkylation sites (N-methyl/N-ethyl adjacent to an activating group) is 1. The second kappa shape index (κ2) is 7.85. The number of nitrogens with one attached hydrogen (secondary N) is 1. The van der Waals surface area contributed by atoms with E-state index in [9.17, 15) is 4.79 Å². The van der Waals surface area contributed by atoms with Gasteiger partial charge in [-0.3, -0.25) is 4.79 Å². The number of hydrogen-bond acceptors (Lipinski definition) is 6. The maximum absolute atomic E-state index is 12.7. The van der Waals surface area contributed by atoms with Gasteiger partial charge in [-0.25, -0.2) is 4.98 Å². The van der Waals surface area contributed by atoms with Gasteiger partial charge in [0, 0.05) is 26.1 Å². The molecule has 1 aromatic heterocycles. The molecule has 142 valence electrons. The number of hydrogen-bond donors (Lipinski definition) is 1. The summed E-state index contributed by atoms with van der Waals surface area (Å²) in [6.45, 7) is 0.235. The Morgan fingerprint density at radius 1 is 1.25 bits per heavy atom. The zero-order chi connectivity index (χ0) is 19.5. The molecule has 28 heavy (non-hydrogen) atoms. The quantitative estimate of drug-likeness (QED) is 0.806. The van der Waals surface area contributed by atoms with Crippen LogP contribution >= 0.6 is 12.2 Å². The lowest BCUT2D eigenvalue weighted by Gasteiger charge is -2.22. The summed E-state index contributed by atoms with van der Waals surface area (Å²) in [6, 6.07) is 13.2. The Morgan fingerprint density at radius 2 is 2.07 bits per heavy atom. The molecule has 1 amide bonds. The zero-order valence-electron chi connectivity index (χ0n) is 15.3. The number of carbonyl (C=O) groups is 1. The van der Waals surface area contributed by atoms with Crippen LogP contribution in [0.4, 0.5) is 5.82 Å². The maximum atomic E-state index is 12.7. The Labute approximate surface area is 168 Å². The van der Waals surface area contributed by atoms with Crippen molar-refractivity contribution in [1.29, 1.82) is 0 Å². The van der Waals surface area contributed by atoms with Crippen LogP contribution in [-0.4, -0.2) is 47.0 Å². The molecule has 1 atom stereocenters. The van der Waals surface area contributed by atoms with Crippen molar-refractivity contribution in [2.75, 3.05) is 18.6 Å². The first-order valence-corrected chi connectivity index (χ1v) is 9.35. The van der Waals surface area contributed by atoms with E-state index in [4.69, 9.17) is 17.0 Å². The summed E-state index contributed by atoms with van der Waals surface area (Å²) >= 11 is 5.54. The number of aromatic nitrogens is 1. The lowest BCUT2D eigenvalue weighted by Crippen LogP contribution is -2.50. The van der Waals surface area contributed by atoms with E-state index in [-0.39, 0.29) is 12.5 Å². The summed E-state index contributed by atoms with van der Waals surface area (Å²) in [7, 11) is 1.82. The molecule has 2 aliphatic rings. The Hall–Kier alpha value is -3.13. The van der Waals surface area contributed by atoms with E-state index in [2.05, 4.69) is 20.5 Å². The van der Waals surface area contributed by atoms with Gasteiger partial charge in [-0.05, 0) is 17.7 Å². The van der Waals surface area contributed by atoms with Crippen LogP contribution in [0.25, 0.3) is 0 Å². The van der Waals surface area contributed by atoms with Gasteiger partial charge in [-0.15, -0.1) is 5.10 Å². The standard InChI is InChI=1S/C20H19N5O2S/c1-25-18-17(8-5-9-21-18)27-12-16(20(25)28)22-19(26)15-11-14(23-24-15)10-13-6-3-2-4-7-13/h2-9,16H,10-12H2,1H3,(H,22,26)/t16-/m0/s1. The van der Waals surface area contributed by atoms with Gasteiger partial charge in [0.15, 0.2) is 11.6 Å². The molecule has 7 nitrogen and oxygen atoms in total. The lowest BCUT2D eigenvalue weighted by molar-refractivity contribution is -0.115. The minimum atomic E-state index is -0.456. The summed E-state index contributed by atoms with van der Waals surface area (Å²) in [5.41, 5.74) is 2.39. The molecule has 2 aromatic rings. The van der Waals surface area contributed by atoms with Gasteiger partial charge >= 0.3 is 0 Å². The van der Waals surface area contributed by atoms with Crippen molar-refractivity contribution in [2.24, 2.45) is 10.2 Å². The van der Waals surface area contributed by atoms with Crippen LogP contribution < -0.4 is 15.0 Å². The third kappa shape index (κ3) is 3.77. The third-order valence-corrected chi connectivity index (χ3v) is 5.16. The van der Waals surface area contributed by atoms with Crippen LogP contribution in [-0.2, 0) is 11.2 Å². The SMILES string of the molecule is CN1C(=S)[C@@H](NC(=O)C2=NN=C(Cc3ccccc3)C2)COc2cccnc21. The minimum Gasteiger partial charge on any atom is -0.487 e. The van der Waals surface area contributed by atoms with Crippen molar-refractivity contribution in [3.63, 3.8) is 0 Å². The number of rotatable bonds is 4. The van der Waals surface area contributed by atoms with Crippen LogP contribution in [0.5, 0.6) is 5.75 Å². The summed E-state index contributed by atoms with van der Waals surface area (Å²) in [5, 5.41) is 11.2. The van der Waals surface area contributed by atoms with Crippen LogP contribution in [0.15, 0.2) is 58.9 Å². The summed E-state index contributed by atoms with van der Waals surface area (Å²) in [5.74, 6) is 0.988. The van der Waals surface area contributed by atoms with Crippen molar-refractivity contribution in [2.45, 2.75) is 18.9 Å². The second-order valence-electron chi connectivity index (χ2n) is 6.61. The normalized spacial score (nSPS) is 18.5. The highest BCUT2D eigenvalue weighted by Crippen LogP contribution is 2.27. The fraction of sp³-hybridized carbons (Fsp3) is 0.250. The number of amides is 1. The van der Waals surface area contributed by atoms with Crippen molar-refractivity contribution in [3.05, 3.63) is 54.2 Å². The highest BCUT2D eigenvalue weighted by Gasteiger charge is 2.30. The summed E-state index contributed by atoms with van der Waals surface area (Å²) in [6.07, 6.45) is 2.79. The number of ether oxygens (including phenoxy) is 1. The Morgan fingerprint density at radius 3 is 2.89 bits per heavy atom. The minimum absolute atomic E-state index is 0.235. The fourth-order valence-electron chi connectivity index (χ4n) is 3.12. The number of pyridine rings is 1. The molecule has 3 heterocycles. The second-order valence-corrected chi connectivity index (χ2v) is 7.03. The molecule has 0 bridgehead atoms. The molecule has 0 radical (unpaired) electrons. The highest BCUT2D eigenvalue weighted by atomic mass is 32.1. The highest BCUT2D eigenvalue weighted by molar-refractivity contribution is 7.80. The molecule has 4 rings (SSSR count). The topological polar surface area (TPSA) is 79.2 Å². The molecule has 0 fully saturated rings. The van der Waals surface area contributed by atoms with Gasteiger partial charge < -0.3 is 15.0 Å². The molecule has 1 aromatic carbocycles. The maximum Gasteiger partial charge on any atom is 0.268 e. The molecule has 1 N–H and O–H groups in total. The predicted molar refractivity (Wildman–Crippen MR) is 112 cm³/mol. The zero-order valence-corrected chi connectivity index (χ0v) is 16.1. The third-order valence-electron chi connectivity index (χ3n) is 4.60. The van der Waals surface area contributed by atoms with E-state index in [1.54, 1.807) is 17.2 Å². The number of benzene rings is 1. The fourth-order valence-corrected chi connectivity index (χ4v) is 3.34. The van der Waals surface area contributed by atoms with E-state index in [1.807, 2.05) is 43.4 Å². The van der Waals surface area contributed by atoms with Gasteiger partial charge in [0.1, 0.15) is 23.3 Å². The van der Waals surface area contributed by atoms with Gasteiger partial charge in [-0.2, -0.15) is 5.10 Å². The number of thiocarbonyl (C=S) groups is 1. The molecule has 0 saturated heterocycles. The van der Waals surface area contributed by atoms with Crippen LogP contribution in [0.3, 0.4) is 0 Å². The van der Waals surface area contributed by atoms with Gasteiger partial charge in [0.25, 0.3) is 5.91 Å². The number of carbonyl (C=O) groups excluding carboxylic acids is 1. The first-order chi connectivity index (χ1) is 13.6. The van der Waals surface area contributed by atoms with Gasteiger partial charge in [0.2, 0.25) is 0 Å². The molecular weight excluding hydrogens is 374 g/mol. The molecule has 2 aliphatic heterocycles. The van der Waals surface area contributed by atoms with E-state index in [0.29, 0.717) is 35.1 Å². The van der Waals surface area contributed by atoms with Crippen LogP contribution in [0.1, 0.15) is 12.0 Å². The van der Waals surface area contributed by atoms with E-state index in [1.165, 1.54) is 0 Å². The van der Waals surface area contributed by atoms with Gasteiger partial charge in [-0.1, -0.05) is 42.5 Å². The summed E-state index contributed by atoms with van der Waals surface area (Å²) in [4.78, 5) is 19.3. The van der Waals surface area contributed by atoms with E-state index in [0.717, 1.165) is 11.3 Å². The summed E-state index contributed by atoms with van der Waals surface area (Å²) < 4.78 is 5.79. The largest absolute Gasteiger partial charge is 0.487 e. The van der Waals surface area contributed by atoms with Crippen molar-refractivity contribution < 1.29 is 9.53 Å².